The number of nitrogens with two attached hydrogens (primary N) is 1. The van der Waals surface area contributed by atoms with Crippen molar-refractivity contribution < 1.29 is 18.7 Å². The van der Waals surface area contributed by atoms with Crippen LogP contribution in [-0.4, -0.2) is 37.6 Å². The molecule has 2 aromatic carbocycles. The Morgan fingerprint density at radius 1 is 1.10 bits per heavy atom. The van der Waals surface area contributed by atoms with Gasteiger partial charge in [0, 0.05) is 24.2 Å². The summed E-state index contributed by atoms with van der Waals surface area (Å²) in [6.07, 6.45) is 3.47. The summed E-state index contributed by atoms with van der Waals surface area (Å²) in [6.45, 7) is 4.56. The van der Waals surface area contributed by atoms with Crippen molar-refractivity contribution in [1.29, 1.82) is 0 Å². The molecule has 2 amide bonds. The number of hydrogen-bond donors (Lipinski definition) is 4. The molecule has 1 aliphatic rings. The third-order valence-corrected chi connectivity index (χ3v) is 7.48. The van der Waals surface area contributed by atoms with Crippen LogP contribution in [0.1, 0.15) is 65.9 Å². The summed E-state index contributed by atoms with van der Waals surface area (Å²) in [5, 5.41) is 9.33. The number of halogens is 1. The molecule has 0 unspecified atom stereocenters. The minimum Gasteiger partial charge on any atom is -0.496 e. The maximum Gasteiger partial charge on any atom is 0.253 e. The van der Waals surface area contributed by atoms with E-state index in [1.807, 2.05) is 12.1 Å². The monoisotopic (exact) mass is 552 g/mol. The van der Waals surface area contributed by atoms with Crippen molar-refractivity contribution in [1.82, 2.24) is 16.0 Å². The van der Waals surface area contributed by atoms with Gasteiger partial charge in [-0.25, -0.2) is 0 Å². The minimum absolute atomic E-state index is 0.0906. The second-order valence-electron chi connectivity index (χ2n) is 10.2. The molecule has 1 aromatic heterocycles. The van der Waals surface area contributed by atoms with Gasteiger partial charge in [0.05, 0.1) is 36.3 Å². The number of benzene rings is 2. The first kappa shape index (κ1) is 28.7. The third-order valence-electron chi connectivity index (χ3n) is 7.17. The van der Waals surface area contributed by atoms with Crippen molar-refractivity contribution in [3.63, 3.8) is 0 Å². The van der Waals surface area contributed by atoms with Gasteiger partial charge in [-0.05, 0) is 63.3 Å². The number of amides is 2. The van der Waals surface area contributed by atoms with E-state index in [4.69, 9.17) is 26.5 Å². The highest BCUT2D eigenvalue weighted by atomic mass is 35.5. The van der Waals surface area contributed by atoms with Crippen LogP contribution >= 0.6 is 11.6 Å². The number of ether oxygens (including phenoxy) is 1. The lowest BCUT2D eigenvalue weighted by molar-refractivity contribution is -0.121. The SMILES string of the molecule is COc1cc(Cl)c(C(=O)NCC(=O)NC2CCC(N)CC2)cc1-c1ccc(CN[C@H](C)c2ccc(C)cc2)o1. The lowest BCUT2D eigenvalue weighted by Gasteiger charge is -2.26. The van der Waals surface area contributed by atoms with Crippen LogP contribution < -0.4 is 26.4 Å². The van der Waals surface area contributed by atoms with Crippen molar-refractivity contribution in [2.24, 2.45) is 5.73 Å². The molecule has 0 aliphatic heterocycles. The summed E-state index contributed by atoms with van der Waals surface area (Å²) in [5.41, 5.74) is 9.17. The van der Waals surface area contributed by atoms with Crippen LogP contribution in [0.25, 0.3) is 11.3 Å². The highest BCUT2D eigenvalue weighted by Gasteiger charge is 2.22. The van der Waals surface area contributed by atoms with E-state index in [9.17, 15) is 9.59 Å². The minimum atomic E-state index is -0.454. The predicted octanol–water partition coefficient (Wildman–Crippen LogP) is 4.88. The number of carbonyl (C=O) groups excluding carboxylic acids is 2. The van der Waals surface area contributed by atoms with Crippen LogP contribution in [0.15, 0.2) is 52.9 Å². The summed E-state index contributed by atoms with van der Waals surface area (Å²) in [6, 6.07) is 15.8. The van der Waals surface area contributed by atoms with E-state index in [-0.39, 0.29) is 41.2 Å². The summed E-state index contributed by atoms with van der Waals surface area (Å²) >= 11 is 6.41. The number of aryl methyl sites for hydroxylation is 1. The van der Waals surface area contributed by atoms with Gasteiger partial charge in [-0.1, -0.05) is 41.4 Å². The zero-order valence-electron chi connectivity index (χ0n) is 22.7. The quantitative estimate of drug-likeness (QED) is 0.284. The molecule has 0 radical (unpaired) electrons. The van der Waals surface area contributed by atoms with Crippen molar-refractivity contribution in [2.75, 3.05) is 13.7 Å². The van der Waals surface area contributed by atoms with Crippen LogP contribution in [0.3, 0.4) is 0 Å². The highest BCUT2D eigenvalue weighted by Crippen LogP contribution is 2.36. The lowest BCUT2D eigenvalue weighted by atomic mass is 9.92. The lowest BCUT2D eigenvalue weighted by Crippen LogP contribution is -2.44. The van der Waals surface area contributed by atoms with Gasteiger partial charge in [0.1, 0.15) is 17.3 Å². The maximum atomic E-state index is 13.0. The van der Waals surface area contributed by atoms with Crippen molar-refractivity contribution in [2.45, 2.75) is 64.2 Å². The summed E-state index contributed by atoms with van der Waals surface area (Å²) in [7, 11) is 1.53. The number of rotatable bonds is 10. The van der Waals surface area contributed by atoms with Crippen LogP contribution in [0, 0.1) is 6.92 Å². The molecule has 0 bridgehead atoms. The zero-order valence-corrected chi connectivity index (χ0v) is 23.4. The number of nitrogens with one attached hydrogen (secondary N) is 3. The number of hydrogen-bond acceptors (Lipinski definition) is 6. The Balaban J connectivity index is 1.39. The van der Waals surface area contributed by atoms with E-state index < -0.39 is 5.91 Å². The third kappa shape index (κ3) is 7.62. The highest BCUT2D eigenvalue weighted by molar-refractivity contribution is 6.34. The number of methoxy groups -OCH3 is 1. The fourth-order valence-corrected chi connectivity index (χ4v) is 4.97. The fourth-order valence-electron chi connectivity index (χ4n) is 4.73. The van der Waals surface area contributed by atoms with Gasteiger partial charge < -0.3 is 30.8 Å². The van der Waals surface area contributed by atoms with E-state index in [0.717, 1.165) is 31.4 Å². The molecule has 5 N–H and O–H groups in total. The van der Waals surface area contributed by atoms with Crippen molar-refractivity contribution in [3.8, 4) is 17.1 Å². The molecule has 39 heavy (non-hydrogen) atoms. The molecule has 9 heteroatoms. The van der Waals surface area contributed by atoms with Crippen LogP contribution in [0.5, 0.6) is 5.75 Å². The molecule has 1 atom stereocenters. The van der Waals surface area contributed by atoms with E-state index >= 15 is 0 Å². The molecular formula is C30H37ClN4O4. The van der Waals surface area contributed by atoms with E-state index in [1.54, 1.807) is 12.1 Å². The van der Waals surface area contributed by atoms with Crippen LogP contribution in [0.4, 0.5) is 0 Å². The Morgan fingerprint density at radius 3 is 2.51 bits per heavy atom. The first-order valence-electron chi connectivity index (χ1n) is 13.3. The van der Waals surface area contributed by atoms with Crippen molar-refractivity contribution >= 4 is 23.4 Å². The second kappa shape index (κ2) is 13.2. The topological polar surface area (TPSA) is 119 Å². The Hall–Kier alpha value is -3.33. The maximum absolute atomic E-state index is 13.0. The van der Waals surface area contributed by atoms with Crippen LogP contribution in [-0.2, 0) is 11.3 Å². The largest absolute Gasteiger partial charge is 0.496 e. The molecule has 8 nitrogen and oxygen atoms in total. The molecule has 0 spiro atoms. The predicted molar refractivity (Wildman–Crippen MR) is 153 cm³/mol. The van der Waals surface area contributed by atoms with Crippen molar-refractivity contribution in [3.05, 3.63) is 76.0 Å². The van der Waals surface area contributed by atoms with E-state index in [1.165, 1.54) is 18.2 Å². The molecule has 208 valence electrons. The molecule has 1 saturated carbocycles. The van der Waals surface area contributed by atoms with E-state index in [2.05, 4.69) is 54.1 Å². The number of carbonyl (C=O) groups is 2. The first-order valence-corrected chi connectivity index (χ1v) is 13.7. The molecule has 3 aromatic rings. The number of furan rings is 1. The average Bonchev–Trinajstić information content (AvgIpc) is 3.40. The molecule has 1 fully saturated rings. The molecule has 0 saturated heterocycles. The Morgan fingerprint density at radius 2 is 1.82 bits per heavy atom. The summed E-state index contributed by atoms with van der Waals surface area (Å²) in [4.78, 5) is 25.3. The van der Waals surface area contributed by atoms with Gasteiger partial charge in [-0.15, -0.1) is 0 Å². The Bertz CT molecular complexity index is 1280. The van der Waals surface area contributed by atoms with Gasteiger partial charge in [0.15, 0.2) is 0 Å². The Kier molecular flexibility index (Phi) is 9.67. The summed E-state index contributed by atoms with van der Waals surface area (Å²) < 4.78 is 11.6. The molecule has 1 heterocycles. The molecule has 4 rings (SSSR count). The second-order valence-corrected chi connectivity index (χ2v) is 10.6. The Labute approximate surface area is 234 Å². The van der Waals surface area contributed by atoms with Crippen LogP contribution in [0.2, 0.25) is 5.02 Å². The normalized spacial score (nSPS) is 17.9. The van der Waals surface area contributed by atoms with E-state index in [0.29, 0.717) is 23.6 Å². The molecule has 1 aliphatic carbocycles. The van der Waals surface area contributed by atoms with Gasteiger partial charge >= 0.3 is 0 Å². The van der Waals surface area contributed by atoms with Gasteiger partial charge in [-0.3, -0.25) is 9.59 Å². The summed E-state index contributed by atoms with van der Waals surface area (Å²) in [5.74, 6) is 1.08. The van der Waals surface area contributed by atoms with Gasteiger partial charge in [-0.2, -0.15) is 0 Å². The molecular weight excluding hydrogens is 516 g/mol. The zero-order chi connectivity index (χ0) is 27.9. The average molecular weight is 553 g/mol. The van der Waals surface area contributed by atoms with Gasteiger partial charge in [0.2, 0.25) is 5.91 Å². The smallest absolute Gasteiger partial charge is 0.253 e. The first-order chi connectivity index (χ1) is 18.7. The van der Waals surface area contributed by atoms with Gasteiger partial charge in [0.25, 0.3) is 5.91 Å². The standard InChI is InChI=1S/C30H37ClN4O4/c1-18-4-6-20(7-5-18)19(2)33-16-23-12-13-27(39-23)25-14-24(26(31)15-28(25)38-3)30(37)34-17-29(36)35-22-10-8-21(32)9-11-22/h4-7,12-15,19,21-22,33H,8-11,16-17,32H2,1-3H3,(H,34,37)(H,35,36)/t19-,21?,22?/m1/s1. The fraction of sp³-hybridized carbons (Fsp3) is 0.400.